The van der Waals surface area contributed by atoms with Crippen LogP contribution in [-0.2, 0) is 9.53 Å². The molecule has 1 aliphatic heterocycles. The summed E-state index contributed by atoms with van der Waals surface area (Å²) in [6.07, 6.45) is 1.80. The maximum Gasteiger partial charge on any atom is 0.217 e. The predicted octanol–water partition coefficient (Wildman–Crippen LogP) is 3.50. The largest absolute Gasteiger partial charge is 0.377 e. The lowest BCUT2D eigenvalue weighted by atomic mass is 9.82. The summed E-state index contributed by atoms with van der Waals surface area (Å²) < 4.78 is 6.11. The van der Waals surface area contributed by atoms with Crippen molar-refractivity contribution >= 4 is 5.91 Å². The minimum absolute atomic E-state index is 0.0339. The molecule has 0 aromatic heterocycles. The van der Waals surface area contributed by atoms with E-state index in [0.29, 0.717) is 6.61 Å². The summed E-state index contributed by atoms with van der Waals surface area (Å²) in [6, 6.07) is 21.2. The van der Waals surface area contributed by atoms with Crippen molar-refractivity contribution in [3.8, 4) is 0 Å². The Labute approximate surface area is 137 Å². The van der Waals surface area contributed by atoms with E-state index in [1.165, 1.54) is 11.1 Å². The Morgan fingerprint density at radius 3 is 2.13 bits per heavy atom. The molecule has 2 atom stereocenters. The molecular weight excluding hydrogens is 286 g/mol. The highest BCUT2D eigenvalue weighted by molar-refractivity contribution is 5.73. The molecule has 23 heavy (non-hydrogen) atoms. The van der Waals surface area contributed by atoms with E-state index in [2.05, 4.69) is 53.8 Å². The van der Waals surface area contributed by atoms with Crippen LogP contribution in [0.25, 0.3) is 0 Å². The van der Waals surface area contributed by atoms with Crippen LogP contribution in [0.3, 0.4) is 0 Å². The van der Waals surface area contributed by atoms with E-state index in [1.807, 2.05) is 12.1 Å². The monoisotopic (exact) mass is 309 g/mol. The molecule has 1 N–H and O–H groups in total. The molecule has 2 aromatic rings. The van der Waals surface area contributed by atoms with Crippen molar-refractivity contribution in [1.29, 1.82) is 0 Å². The van der Waals surface area contributed by atoms with E-state index < -0.39 is 0 Å². The summed E-state index contributed by atoms with van der Waals surface area (Å²) in [4.78, 5) is 11.4. The van der Waals surface area contributed by atoms with Crippen molar-refractivity contribution in [2.24, 2.45) is 0 Å². The molecule has 0 aliphatic carbocycles. The highest BCUT2D eigenvalue weighted by atomic mass is 16.5. The van der Waals surface area contributed by atoms with E-state index >= 15 is 0 Å². The van der Waals surface area contributed by atoms with Crippen LogP contribution >= 0.6 is 0 Å². The van der Waals surface area contributed by atoms with Gasteiger partial charge in [0.25, 0.3) is 0 Å². The Morgan fingerprint density at radius 2 is 1.61 bits per heavy atom. The van der Waals surface area contributed by atoms with Gasteiger partial charge in [0, 0.05) is 25.5 Å². The first-order valence-electron chi connectivity index (χ1n) is 8.22. The van der Waals surface area contributed by atoms with Crippen LogP contribution in [0, 0.1) is 0 Å². The number of carbonyl (C=O) groups is 1. The fraction of sp³-hybridized carbons (Fsp3) is 0.350. The highest BCUT2D eigenvalue weighted by Gasteiger charge is 2.31. The van der Waals surface area contributed by atoms with Crippen LogP contribution < -0.4 is 5.32 Å². The Balaban J connectivity index is 1.88. The molecule has 1 heterocycles. The third-order valence-electron chi connectivity index (χ3n) is 4.41. The van der Waals surface area contributed by atoms with Crippen molar-refractivity contribution in [1.82, 2.24) is 5.32 Å². The standard InChI is InChI=1S/C20H23NO2/c1-15(22)21-18-12-13-23-19(14-18)20(16-8-4-2-5-9-16)17-10-6-3-7-11-17/h2-11,18-20H,12-14H2,1H3,(H,21,22). The average molecular weight is 309 g/mol. The summed E-state index contributed by atoms with van der Waals surface area (Å²) in [5.74, 6) is 0.223. The second kappa shape index (κ2) is 7.42. The molecule has 1 fully saturated rings. The van der Waals surface area contributed by atoms with E-state index in [4.69, 9.17) is 4.74 Å². The number of hydrogen-bond donors (Lipinski definition) is 1. The van der Waals surface area contributed by atoms with E-state index in [9.17, 15) is 4.79 Å². The molecule has 1 saturated heterocycles. The lowest BCUT2D eigenvalue weighted by molar-refractivity contribution is -0.120. The van der Waals surface area contributed by atoms with Crippen molar-refractivity contribution in [3.05, 3.63) is 71.8 Å². The first kappa shape index (κ1) is 15.8. The molecule has 1 amide bonds. The zero-order valence-corrected chi connectivity index (χ0v) is 13.4. The SMILES string of the molecule is CC(=O)NC1CCOC(C(c2ccccc2)c2ccccc2)C1. The lowest BCUT2D eigenvalue weighted by Gasteiger charge is -2.35. The second-order valence-electron chi connectivity index (χ2n) is 6.13. The van der Waals surface area contributed by atoms with Crippen LogP contribution in [-0.4, -0.2) is 24.7 Å². The number of ether oxygens (including phenoxy) is 1. The van der Waals surface area contributed by atoms with Crippen molar-refractivity contribution < 1.29 is 9.53 Å². The van der Waals surface area contributed by atoms with Crippen molar-refractivity contribution in [2.45, 2.75) is 37.8 Å². The van der Waals surface area contributed by atoms with Gasteiger partial charge in [0.05, 0.1) is 6.10 Å². The van der Waals surface area contributed by atoms with Gasteiger partial charge in [-0.15, -0.1) is 0 Å². The number of amides is 1. The maximum absolute atomic E-state index is 11.4. The molecular formula is C20H23NO2. The predicted molar refractivity (Wildman–Crippen MR) is 91.3 cm³/mol. The number of rotatable bonds is 4. The van der Waals surface area contributed by atoms with Gasteiger partial charge in [-0.1, -0.05) is 60.7 Å². The van der Waals surface area contributed by atoms with E-state index in [0.717, 1.165) is 12.8 Å². The molecule has 3 nitrogen and oxygen atoms in total. The van der Waals surface area contributed by atoms with Gasteiger partial charge in [-0.25, -0.2) is 0 Å². The molecule has 0 spiro atoms. The van der Waals surface area contributed by atoms with Crippen LogP contribution in [0.1, 0.15) is 36.8 Å². The Morgan fingerprint density at radius 1 is 1.04 bits per heavy atom. The topological polar surface area (TPSA) is 38.3 Å². The fourth-order valence-electron chi connectivity index (χ4n) is 3.42. The molecule has 1 aliphatic rings. The van der Waals surface area contributed by atoms with Gasteiger partial charge in [0.1, 0.15) is 0 Å². The Kier molecular flexibility index (Phi) is 5.09. The van der Waals surface area contributed by atoms with Gasteiger partial charge in [-0.2, -0.15) is 0 Å². The minimum atomic E-state index is 0.0339. The van der Waals surface area contributed by atoms with Gasteiger partial charge in [-0.3, -0.25) is 4.79 Å². The quantitative estimate of drug-likeness (QED) is 0.938. The van der Waals surface area contributed by atoms with Crippen LogP contribution in [0.4, 0.5) is 0 Å². The molecule has 3 heteroatoms. The summed E-state index contributed by atoms with van der Waals surface area (Å²) in [5.41, 5.74) is 2.51. The third kappa shape index (κ3) is 3.99. The van der Waals surface area contributed by atoms with Crippen molar-refractivity contribution in [3.63, 3.8) is 0 Å². The normalized spacial score (nSPS) is 21.1. The third-order valence-corrected chi connectivity index (χ3v) is 4.41. The maximum atomic E-state index is 11.4. The van der Waals surface area contributed by atoms with Crippen LogP contribution in [0.5, 0.6) is 0 Å². The lowest BCUT2D eigenvalue weighted by Crippen LogP contribution is -2.43. The minimum Gasteiger partial charge on any atom is -0.377 e. The number of carbonyl (C=O) groups excluding carboxylic acids is 1. The first-order valence-corrected chi connectivity index (χ1v) is 8.22. The summed E-state index contributed by atoms with van der Waals surface area (Å²) in [5, 5.41) is 3.05. The van der Waals surface area contributed by atoms with Crippen LogP contribution in [0.2, 0.25) is 0 Å². The Hall–Kier alpha value is -2.13. The molecule has 3 rings (SSSR count). The summed E-state index contributed by atoms with van der Waals surface area (Å²) in [6.45, 7) is 2.27. The number of hydrogen-bond acceptors (Lipinski definition) is 2. The second-order valence-corrected chi connectivity index (χ2v) is 6.13. The zero-order chi connectivity index (χ0) is 16.1. The Bertz CT molecular complexity index is 587. The summed E-state index contributed by atoms with van der Waals surface area (Å²) >= 11 is 0. The molecule has 2 unspecified atom stereocenters. The smallest absolute Gasteiger partial charge is 0.217 e. The van der Waals surface area contributed by atoms with Gasteiger partial charge >= 0.3 is 0 Å². The van der Waals surface area contributed by atoms with Crippen molar-refractivity contribution in [2.75, 3.05) is 6.61 Å². The van der Waals surface area contributed by atoms with Gasteiger partial charge in [-0.05, 0) is 24.0 Å². The molecule has 0 saturated carbocycles. The number of benzene rings is 2. The van der Waals surface area contributed by atoms with Gasteiger partial charge in [0.15, 0.2) is 0 Å². The molecule has 0 radical (unpaired) electrons. The van der Waals surface area contributed by atoms with Gasteiger partial charge in [0.2, 0.25) is 5.91 Å². The van der Waals surface area contributed by atoms with Crippen LogP contribution in [0.15, 0.2) is 60.7 Å². The zero-order valence-electron chi connectivity index (χ0n) is 13.4. The first-order chi connectivity index (χ1) is 11.2. The van der Waals surface area contributed by atoms with Gasteiger partial charge < -0.3 is 10.1 Å². The summed E-state index contributed by atoms with van der Waals surface area (Å²) in [7, 11) is 0. The highest BCUT2D eigenvalue weighted by Crippen LogP contribution is 2.34. The van der Waals surface area contributed by atoms with E-state index in [1.54, 1.807) is 6.92 Å². The fourth-order valence-corrected chi connectivity index (χ4v) is 3.42. The molecule has 2 aromatic carbocycles. The van der Waals surface area contributed by atoms with E-state index in [-0.39, 0.29) is 24.0 Å². The average Bonchev–Trinajstić information content (AvgIpc) is 2.57. The molecule has 120 valence electrons. The molecule has 0 bridgehead atoms. The number of nitrogens with one attached hydrogen (secondary N) is 1.